The van der Waals surface area contributed by atoms with Gasteiger partial charge in [0.1, 0.15) is 5.84 Å². The molecule has 2 rings (SSSR count). The van der Waals surface area contributed by atoms with Crippen LogP contribution in [0.4, 0.5) is 4.39 Å². The zero-order valence-corrected chi connectivity index (χ0v) is 12.6. The number of halogens is 2. The van der Waals surface area contributed by atoms with Crippen molar-refractivity contribution in [3.8, 4) is 0 Å². The van der Waals surface area contributed by atoms with Crippen LogP contribution in [0.5, 0.6) is 0 Å². The van der Waals surface area contributed by atoms with Gasteiger partial charge in [0.2, 0.25) is 0 Å². The summed E-state index contributed by atoms with van der Waals surface area (Å²) in [5.74, 6) is 0.543. The summed E-state index contributed by atoms with van der Waals surface area (Å²) in [6.45, 7) is 5.85. The van der Waals surface area contributed by atoms with Crippen LogP contribution in [0, 0.1) is 0 Å². The zero-order valence-electron chi connectivity index (χ0n) is 11.8. The number of aliphatic imine (C=N–C) groups is 1. The Labute approximate surface area is 124 Å². The highest BCUT2D eigenvalue weighted by Gasteiger charge is 2.20. The predicted octanol–water partition coefficient (Wildman–Crippen LogP) is 3.88. The molecule has 0 aromatic heterocycles. The third kappa shape index (κ3) is 3.51. The maximum atomic E-state index is 13.9. The van der Waals surface area contributed by atoms with Crippen LogP contribution < -0.4 is 5.32 Å². The van der Waals surface area contributed by atoms with E-state index >= 15 is 0 Å². The summed E-state index contributed by atoms with van der Waals surface area (Å²) in [7, 11) is 0. The number of rotatable bonds is 3. The lowest BCUT2D eigenvalue weighted by Crippen LogP contribution is -2.38. The van der Waals surface area contributed by atoms with E-state index < -0.39 is 6.42 Å². The molecular weight excluding hydrogens is 277 g/mol. The lowest BCUT2D eigenvalue weighted by atomic mass is 10.1. The van der Waals surface area contributed by atoms with Crippen molar-refractivity contribution in [1.29, 1.82) is 0 Å². The van der Waals surface area contributed by atoms with E-state index in [2.05, 4.69) is 10.3 Å². The Bertz CT molecular complexity index is 528. The number of benzene rings is 1. The maximum absolute atomic E-state index is 13.9. The highest BCUT2D eigenvalue weighted by molar-refractivity contribution is 6.30. The van der Waals surface area contributed by atoms with Crippen molar-refractivity contribution in [2.75, 3.05) is 0 Å². The molecule has 0 bridgehead atoms. The van der Waals surface area contributed by atoms with Crippen molar-refractivity contribution in [1.82, 2.24) is 10.2 Å². The molecule has 3 nitrogen and oxygen atoms in total. The van der Waals surface area contributed by atoms with Crippen LogP contribution in [0.25, 0.3) is 0 Å². The first-order valence-electron chi connectivity index (χ1n) is 6.67. The maximum Gasteiger partial charge on any atom is 0.268 e. The number of alkyl halides is 1. The van der Waals surface area contributed by atoms with Crippen molar-refractivity contribution < 1.29 is 4.39 Å². The SMILES string of the molecule is CC(NC1=N[C@@H](F)N(C(C)C)C=C1)c1cccc(Cl)c1. The predicted molar refractivity (Wildman–Crippen MR) is 81.4 cm³/mol. The largest absolute Gasteiger partial charge is 0.364 e. The van der Waals surface area contributed by atoms with E-state index in [4.69, 9.17) is 11.6 Å². The van der Waals surface area contributed by atoms with Gasteiger partial charge in [0.15, 0.2) is 0 Å². The summed E-state index contributed by atoms with van der Waals surface area (Å²) >= 11 is 5.97. The number of nitrogens with zero attached hydrogens (tertiary/aromatic N) is 2. The molecule has 1 aliphatic rings. The van der Waals surface area contributed by atoms with E-state index in [1.807, 2.05) is 45.0 Å². The third-order valence-corrected chi connectivity index (χ3v) is 3.44. The number of nitrogens with one attached hydrogen (secondary N) is 1. The van der Waals surface area contributed by atoms with Crippen LogP contribution in [-0.2, 0) is 0 Å². The fraction of sp³-hybridized carbons (Fsp3) is 0.400. The molecule has 1 N–H and O–H groups in total. The molecule has 1 aromatic rings. The normalized spacial score (nSPS) is 20.0. The van der Waals surface area contributed by atoms with E-state index in [9.17, 15) is 4.39 Å². The molecule has 108 valence electrons. The van der Waals surface area contributed by atoms with E-state index in [0.29, 0.717) is 10.9 Å². The van der Waals surface area contributed by atoms with Gasteiger partial charge in [-0.3, -0.25) is 0 Å². The summed E-state index contributed by atoms with van der Waals surface area (Å²) in [6.07, 6.45) is 2.18. The molecule has 0 radical (unpaired) electrons. The molecule has 0 spiro atoms. The van der Waals surface area contributed by atoms with Crippen LogP contribution in [0.15, 0.2) is 41.5 Å². The second-order valence-corrected chi connectivity index (χ2v) is 5.54. The van der Waals surface area contributed by atoms with Crippen LogP contribution in [0.1, 0.15) is 32.4 Å². The zero-order chi connectivity index (χ0) is 14.7. The minimum Gasteiger partial charge on any atom is -0.364 e. The Morgan fingerprint density at radius 3 is 2.70 bits per heavy atom. The molecule has 1 unspecified atom stereocenters. The van der Waals surface area contributed by atoms with Gasteiger partial charge in [-0.05, 0) is 44.5 Å². The van der Waals surface area contributed by atoms with E-state index in [1.165, 1.54) is 0 Å². The minimum atomic E-state index is -1.34. The van der Waals surface area contributed by atoms with E-state index in [1.54, 1.807) is 17.2 Å². The number of hydrogen-bond donors (Lipinski definition) is 1. The van der Waals surface area contributed by atoms with E-state index in [0.717, 1.165) is 5.56 Å². The minimum absolute atomic E-state index is 0.00917. The molecule has 2 atom stereocenters. The molecule has 0 saturated heterocycles. The Morgan fingerprint density at radius 1 is 1.35 bits per heavy atom. The number of amidine groups is 1. The van der Waals surface area contributed by atoms with Gasteiger partial charge >= 0.3 is 0 Å². The molecule has 5 heteroatoms. The lowest BCUT2D eigenvalue weighted by Gasteiger charge is -2.30. The highest BCUT2D eigenvalue weighted by atomic mass is 35.5. The summed E-state index contributed by atoms with van der Waals surface area (Å²) in [5, 5.41) is 3.88. The van der Waals surface area contributed by atoms with Crippen molar-refractivity contribution in [3.05, 3.63) is 47.1 Å². The lowest BCUT2D eigenvalue weighted by molar-refractivity contribution is 0.109. The molecule has 0 amide bonds. The summed E-state index contributed by atoms with van der Waals surface area (Å²) < 4.78 is 13.9. The Balaban J connectivity index is 2.04. The van der Waals surface area contributed by atoms with Gasteiger partial charge in [0, 0.05) is 23.3 Å². The molecule has 1 heterocycles. The van der Waals surface area contributed by atoms with Gasteiger partial charge < -0.3 is 10.2 Å². The van der Waals surface area contributed by atoms with Gasteiger partial charge in [-0.1, -0.05) is 23.7 Å². The summed E-state index contributed by atoms with van der Waals surface area (Å²) in [6, 6.07) is 7.68. The molecule has 0 fully saturated rings. The summed E-state index contributed by atoms with van der Waals surface area (Å²) in [5.41, 5.74) is 1.04. The van der Waals surface area contributed by atoms with Gasteiger partial charge in [-0.25, -0.2) is 4.99 Å². The molecule has 20 heavy (non-hydrogen) atoms. The topological polar surface area (TPSA) is 27.6 Å². The first kappa shape index (κ1) is 14.9. The quantitative estimate of drug-likeness (QED) is 0.857. The van der Waals surface area contributed by atoms with Gasteiger partial charge in [0.25, 0.3) is 6.42 Å². The monoisotopic (exact) mass is 295 g/mol. The van der Waals surface area contributed by atoms with Crippen LogP contribution in [0.2, 0.25) is 5.02 Å². The van der Waals surface area contributed by atoms with Crippen LogP contribution in [0.3, 0.4) is 0 Å². The second-order valence-electron chi connectivity index (χ2n) is 5.10. The van der Waals surface area contributed by atoms with Crippen molar-refractivity contribution in [2.24, 2.45) is 4.99 Å². The smallest absolute Gasteiger partial charge is 0.268 e. The van der Waals surface area contributed by atoms with Crippen molar-refractivity contribution in [3.63, 3.8) is 0 Å². The fourth-order valence-electron chi connectivity index (χ4n) is 2.04. The first-order valence-corrected chi connectivity index (χ1v) is 7.04. The van der Waals surface area contributed by atoms with Gasteiger partial charge in [0.05, 0.1) is 0 Å². The Hall–Kier alpha value is -1.55. The molecule has 1 aliphatic heterocycles. The third-order valence-electron chi connectivity index (χ3n) is 3.21. The Kier molecular flexibility index (Phi) is 4.65. The molecule has 1 aromatic carbocycles. The first-order chi connectivity index (χ1) is 9.47. The van der Waals surface area contributed by atoms with Crippen molar-refractivity contribution >= 4 is 17.4 Å². The molecule has 0 aliphatic carbocycles. The summed E-state index contributed by atoms with van der Waals surface area (Å²) in [4.78, 5) is 5.58. The Morgan fingerprint density at radius 2 is 2.10 bits per heavy atom. The van der Waals surface area contributed by atoms with E-state index in [-0.39, 0.29) is 12.1 Å². The average Bonchev–Trinajstić information content (AvgIpc) is 2.38. The van der Waals surface area contributed by atoms with Crippen molar-refractivity contribution in [2.45, 2.75) is 39.3 Å². The van der Waals surface area contributed by atoms with Crippen LogP contribution >= 0.6 is 11.6 Å². The fourth-order valence-corrected chi connectivity index (χ4v) is 2.24. The highest BCUT2D eigenvalue weighted by Crippen LogP contribution is 2.19. The van der Waals surface area contributed by atoms with Gasteiger partial charge in [-0.2, -0.15) is 4.39 Å². The van der Waals surface area contributed by atoms with Gasteiger partial charge in [-0.15, -0.1) is 0 Å². The second kappa shape index (κ2) is 6.27. The standard InChI is InChI=1S/C15H19ClFN3/c1-10(2)20-8-7-14(19-15(20)17)18-11(3)12-5-4-6-13(16)9-12/h4-11,15H,1-3H3,(H,18,19)/t11?,15-/m1/s1. The average molecular weight is 296 g/mol. The van der Waals surface area contributed by atoms with Crippen LogP contribution in [-0.4, -0.2) is 23.2 Å². The number of hydrogen-bond acceptors (Lipinski definition) is 3. The molecule has 0 saturated carbocycles. The molecular formula is C15H19ClFN3.